The van der Waals surface area contributed by atoms with Gasteiger partial charge in [0.15, 0.2) is 11.6 Å². The maximum Gasteiger partial charge on any atom is 0.159 e. The predicted octanol–water partition coefficient (Wildman–Crippen LogP) is 4.72. The van der Waals surface area contributed by atoms with Crippen LogP contribution in [0.1, 0.15) is 24.1 Å². The summed E-state index contributed by atoms with van der Waals surface area (Å²) in [5.74, 6) is -2.07. The summed E-state index contributed by atoms with van der Waals surface area (Å²) >= 11 is 3.29. The van der Waals surface area contributed by atoms with Gasteiger partial charge in [-0.1, -0.05) is 22.0 Å². The second-order valence-corrected chi connectivity index (χ2v) is 5.43. The van der Waals surface area contributed by atoms with Crippen LogP contribution in [0.3, 0.4) is 0 Å². The Morgan fingerprint density at radius 1 is 1.00 bits per heavy atom. The van der Waals surface area contributed by atoms with Crippen LogP contribution in [-0.2, 0) is 6.54 Å². The minimum atomic E-state index is -0.884. The van der Waals surface area contributed by atoms with Gasteiger partial charge in [-0.2, -0.15) is 0 Å². The molecule has 0 saturated carbocycles. The van der Waals surface area contributed by atoms with Crippen LogP contribution in [0.4, 0.5) is 13.2 Å². The SMILES string of the molecule is CC(NCc1ccc(F)c(F)c1)c1cc(Br)ccc1F. The van der Waals surface area contributed by atoms with Crippen LogP contribution >= 0.6 is 15.9 Å². The average Bonchev–Trinajstić information content (AvgIpc) is 2.42. The zero-order valence-corrected chi connectivity index (χ0v) is 12.3. The van der Waals surface area contributed by atoms with E-state index in [2.05, 4.69) is 21.2 Å². The molecule has 1 N–H and O–H groups in total. The zero-order valence-electron chi connectivity index (χ0n) is 10.8. The van der Waals surface area contributed by atoms with Gasteiger partial charge in [0.25, 0.3) is 0 Å². The fourth-order valence-electron chi connectivity index (χ4n) is 1.88. The molecule has 2 aromatic carbocycles. The first kappa shape index (κ1) is 15.1. The van der Waals surface area contributed by atoms with Crippen LogP contribution in [0, 0.1) is 17.5 Å². The minimum absolute atomic E-state index is 0.249. The van der Waals surface area contributed by atoms with E-state index in [1.807, 2.05) is 6.92 Å². The molecule has 20 heavy (non-hydrogen) atoms. The van der Waals surface area contributed by atoms with E-state index in [0.29, 0.717) is 17.7 Å². The lowest BCUT2D eigenvalue weighted by molar-refractivity contribution is 0.501. The Labute approximate surface area is 123 Å². The Kier molecular flexibility index (Phi) is 4.83. The van der Waals surface area contributed by atoms with Gasteiger partial charge in [0.2, 0.25) is 0 Å². The second-order valence-electron chi connectivity index (χ2n) is 4.52. The van der Waals surface area contributed by atoms with Crippen molar-refractivity contribution >= 4 is 15.9 Å². The third kappa shape index (κ3) is 3.61. The maximum absolute atomic E-state index is 13.7. The highest BCUT2D eigenvalue weighted by Gasteiger charge is 2.11. The lowest BCUT2D eigenvalue weighted by atomic mass is 10.1. The van der Waals surface area contributed by atoms with Crippen LogP contribution in [0.2, 0.25) is 0 Å². The standard InChI is InChI=1S/C15H13BrF3N/c1-9(12-7-11(16)3-5-13(12)17)20-8-10-2-4-14(18)15(19)6-10/h2-7,9,20H,8H2,1H3. The summed E-state index contributed by atoms with van der Waals surface area (Å²) in [4.78, 5) is 0. The third-order valence-electron chi connectivity index (χ3n) is 3.02. The van der Waals surface area contributed by atoms with E-state index in [1.54, 1.807) is 12.1 Å². The molecule has 0 spiro atoms. The van der Waals surface area contributed by atoms with Gasteiger partial charge in [0, 0.05) is 22.6 Å². The van der Waals surface area contributed by atoms with Crippen LogP contribution < -0.4 is 5.32 Å². The monoisotopic (exact) mass is 343 g/mol. The normalized spacial score (nSPS) is 12.4. The molecule has 0 radical (unpaired) electrons. The molecule has 1 nitrogen and oxygen atoms in total. The summed E-state index contributed by atoms with van der Waals surface area (Å²) in [5, 5.41) is 3.08. The van der Waals surface area contributed by atoms with Crippen molar-refractivity contribution in [3.8, 4) is 0 Å². The lowest BCUT2D eigenvalue weighted by Gasteiger charge is -2.15. The van der Waals surface area contributed by atoms with Crippen molar-refractivity contribution in [1.82, 2.24) is 5.32 Å². The summed E-state index contributed by atoms with van der Waals surface area (Å²) < 4.78 is 40.4. The van der Waals surface area contributed by atoms with Gasteiger partial charge in [-0.3, -0.25) is 0 Å². The first-order valence-electron chi connectivity index (χ1n) is 6.09. The van der Waals surface area contributed by atoms with Crippen molar-refractivity contribution in [2.24, 2.45) is 0 Å². The highest BCUT2D eigenvalue weighted by atomic mass is 79.9. The van der Waals surface area contributed by atoms with Crippen molar-refractivity contribution in [3.05, 3.63) is 69.4 Å². The van der Waals surface area contributed by atoms with Crippen LogP contribution in [0.5, 0.6) is 0 Å². The number of benzene rings is 2. The van der Waals surface area contributed by atoms with Gasteiger partial charge in [0.05, 0.1) is 0 Å². The molecular weight excluding hydrogens is 331 g/mol. The Morgan fingerprint density at radius 3 is 2.40 bits per heavy atom. The molecule has 5 heteroatoms. The molecule has 0 amide bonds. The van der Waals surface area contributed by atoms with Crippen molar-refractivity contribution < 1.29 is 13.2 Å². The van der Waals surface area contributed by atoms with Crippen LogP contribution in [-0.4, -0.2) is 0 Å². The molecule has 0 aliphatic carbocycles. The van der Waals surface area contributed by atoms with Crippen molar-refractivity contribution in [3.63, 3.8) is 0 Å². The summed E-state index contributed by atoms with van der Waals surface area (Å²) in [6.45, 7) is 2.13. The lowest BCUT2D eigenvalue weighted by Crippen LogP contribution is -2.19. The second kappa shape index (κ2) is 6.41. The Hall–Kier alpha value is -1.33. The van der Waals surface area contributed by atoms with E-state index >= 15 is 0 Å². The average molecular weight is 344 g/mol. The molecule has 0 fully saturated rings. The van der Waals surface area contributed by atoms with E-state index < -0.39 is 11.6 Å². The summed E-state index contributed by atoms with van der Waals surface area (Å²) in [5.41, 5.74) is 1.12. The maximum atomic E-state index is 13.7. The Bertz CT molecular complexity index is 616. The van der Waals surface area contributed by atoms with Gasteiger partial charge in [-0.15, -0.1) is 0 Å². The molecule has 1 unspecified atom stereocenters. The summed E-state index contributed by atoms with van der Waals surface area (Å²) in [6.07, 6.45) is 0. The number of hydrogen-bond donors (Lipinski definition) is 1. The number of hydrogen-bond acceptors (Lipinski definition) is 1. The highest BCUT2D eigenvalue weighted by molar-refractivity contribution is 9.10. The quantitative estimate of drug-likeness (QED) is 0.847. The smallest absolute Gasteiger partial charge is 0.159 e. The first-order chi connectivity index (χ1) is 9.47. The van der Waals surface area contributed by atoms with E-state index in [1.165, 1.54) is 12.1 Å². The number of rotatable bonds is 4. The molecule has 0 aliphatic rings. The fourth-order valence-corrected chi connectivity index (χ4v) is 2.26. The van der Waals surface area contributed by atoms with E-state index in [4.69, 9.17) is 0 Å². The molecule has 2 rings (SSSR count). The minimum Gasteiger partial charge on any atom is -0.306 e. The molecule has 0 aliphatic heterocycles. The van der Waals surface area contributed by atoms with Gasteiger partial charge in [-0.05, 0) is 42.8 Å². The molecule has 0 aromatic heterocycles. The molecule has 1 atom stereocenters. The first-order valence-corrected chi connectivity index (χ1v) is 6.89. The van der Waals surface area contributed by atoms with Crippen LogP contribution in [0.25, 0.3) is 0 Å². The third-order valence-corrected chi connectivity index (χ3v) is 3.51. The zero-order chi connectivity index (χ0) is 14.7. The van der Waals surface area contributed by atoms with Crippen molar-refractivity contribution in [1.29, 1.82) is 0 Å². The largest absolute Gasteiger partial charge is 0.306 e. The molecule has 2 aromatic rings. The van der Waals surface area contributed by atoms with Gasteiger partial charge in [0.1, 0.15) is 5.82 Å². The molecule has 0 bridgehead atoms. The number of nitrogens with one attached hydrogen (secondary N) is 1. The predicted molar refractivity (Wildman–Crippen MR) is 75.7 cm³/mol. The van der Waals surface area contributed by atoms with Gasteiger partial charge >= 0.3 is 0 Å². The Morgan fingerprint density at radius 2 is 1.70 bits per heavy atom. The topological polar surface area (TPSA) is 12.0 Å². The molecule has 0 heterocycles. The van der Waals surface area contributed by atoms with Gasteiger partial charge < -0.3 is 5.32 Å². The Balaban J connectivity index is 2.06. The molecular formula is C15H13BrF3N. The van der Waals surface area contributed by atoms with Crippen molar-refractivity contribution in [2.45, 2.75) is 19.5 Å². The van der Waals surface area contributed by atoms with E-state index in [0.717, 1.165) is 16.6 Å². The number of halogens is 4. The fraction of sp³-hybridized carbons (Fsp3) is 0.200. The van der Waals surface area contributed by atoms with E-state index in [-0.39, 0.29) is 11.9 Å². The molecule has 0 saturated heterocycles. The van der Waals surface area contributed by atoms with Crippen molar-refractivity contribution in [2.75, 3.05) is 0 Å². The van der Waals surface area contributed by atoms with Gasteiger partial charge in [-0.25, -0.2) is 13.2 Å². The molecule has 106 valence electrons. The summed E-state index contributed by atoms with van der Waals surface area (Å²) in [7, 11) is 0. The van der Waals surface area contributed by atoms with Crippen LogP contribution in [0.15, 0.2) is 40.9 Å². The van der Waals surface area contributed by atoms with E-state index in [9.17, 15) is 13.2 Å². The highest BCUT2D eigenvalue weighted by Crippen LogP contribution is 2.22. The summed E-state index contributed by atoms with van der Waals surface area (Å²) in [6, 6.07) is 8.16.